The van der Waals surface area contributed by atoms with Crippen LogP contribution in [0, 0.1) is 20.8 Å². The standard InChI is InChI=1S/C20H23NO6S/c1-10-7-8-15(28(6,25)26)9-16(10)20(24)27-14(5)19(23)18-11(2)17(13(4)22)12(3)21-18/h7-9,14,21H,1-6H3/t14-/m1/s1. The van der Waals surface area contributed by atoms with Crippen molar-refractivity contribution in [1.82, 2.24) is 4.98 Å². The number of benzene rings is 1. The molecule has 0 aliphatic heterocycles. The van der Waals surface area contributed by atoms with Crippen molar-refractivity contribution < 1.29 is 27.5 Å². The zero-order chi connectivity index (χ0) is 21.4. The van der Waals surface area contributed by atoms with Gasteiger partial charge in [-0.05, 0) is 57.9 Å². The Bertz CT molecular complexity index is 1080. The maximum atomic E-state index is 12.7. The highest BCUT2D eigenvalue weighted by molar-refractivity contribution is 7.90. The zero-order valence-corrected chi connectivity index (χ0v) is 17.5. The highest BCUT2D eigenvalue weighted by Gasteiger charge is 2.27. The van der Waals surface area contributed by atoms with Crippen LogP contribution in [0.1, 0.15) is 61.9 Å². The van der Waals surface area contributed by atoms with Crippen molar-refractivity contribution in [2.45, 2.75) is 45.6 Å². The number of H-pyrrole nitrogens is 1. The average molecular weight is 405 g/mol. The Labute approximate surface area is 164 Å². The topological polar surface area (TPSA) is 110 Å². The minimum absolute atomic E-state index is 0.00836. The Kier molecular flexibility index (Phi) is 5.94. The first-order chi connectivity index (χ1) is 12.8. The van der Waals surface area contributed by atoms with Crippen molar-refractivity contribution >= 4 is 27.4 Å². The van der Waals surface area contributed by atoms with Gasteiger partial charge in [-0.2, -0.15) is 0 Å². The molecule has 0 saturated heterocycles. The van der Waals surface area contributed by atoms with Crippen molar-refractivity contribution in [3.8, 4) is 0 Å². The Hall–Kier alpha value is -2.74. The minimum atomic E-state index is -3.49. The van der Waals surface area contributed by atoms with Crippen LogP contribution in [0.5, 0.6) is 0 Å². The molecule has 28 heavy (non-hydrogen) atoms. The monoisotopic (exact) mass is 405 g/mol. The number of aromatic nitrogens is 1. The summed E-state index contributed by atoms with van der Waals surface area (Å²) in [5.74, 6) is -1.43. The van der Waals surface area contributed by atoms with E-state index in [4.69, 9.17) is 4.74 Å². The second kappa shape index (κ2) is 7.71. The lowest BCUT2D eigenvalue weighted by molar-refractivity contribution is 0.0316. The lowest BCUT2D eigenvalue weighted by Gasteiger charge is -2.14. The highest BCUT2D eigenvalue weighted by Crippen LogP contribution is 2.22. The van der Waals surface area contributed by atoms with Crippen LogP contribution in [0.4, 0.5) is 0 Å². The molecule has 1 N–H and O–H groups in total. The number of carbonyl (C=O) groups is 3. The molecule has 0 bridgehead atoms. The molecule has 0 spiro atoms. The maximum absolute atomic E-state index is 12.7. The van der Waals surface area contributed by atoms with Gasteiger partial charge >= 0.3 is 5.97 Å². The number of ketones is 2. The SMILES string of the molecule is CC(=O)c1c(C)[nH]c(C(=O)[C@@H](C)OC(=O)c2cc(S(C)(=O)=O)ccc2C)c1C. The number of ether oxygens (including phenoxy) is 1. The van der Waals surface area contributed by atoms with Crippen LogP contribution in [0.15, 0.2) is 23.1 Å². The number of aryl methyl sites for hydroxylation is 2. The Morgan fingerprint density at radius 2 is 1.71 bits per heavy atom. The van der Waals surface area contributed by atoms with E-state index in [1.54, 1.807) is 20.8 Å². The van der Waals surface area contributed by atoms with Crippen molar-refractivity contribution in [1.29, 1.82) is 0 Å². The summed E-state index contributed by atoms with van der Waals surface area (Å²) < 4.78 is 28.7. The summed E-state index contributed by atoms with van der Waals surface area (Å²) in [6, 6.07) is 4.16. The van der Waals surface area contributed by atoms with Crippen molar-refractivity contribution in [3.63, 3.8) is 0 Å². The van der Waals surface area contributed by atoms with Crippen LogP contribution in [0.3, 0.4) is 0 Å². The van der Waals surface area contributed by atoms with E-state index in [-0.39, 0.29) is 21.9 Å². The molecule has 0 aliphatic carbocycles. The van der Waals surface area contributed by atoms with Crippen LogP contribution in [0.2, 0.25) is 0 Å². The number of aromatic amines is 1. The molecular weight excluding hydrogens is 382 g/mol. The molecule has 0 amide bonds. The van der Waals surface area contributed by atoms with Crippen LogP contribution in [-0.4, -0.2) is 43.3 Å². The first-order valence-electron chi connectivity index (χ1n) is 8.60. The van der Waals surface area contributed by atoms with Crippen molar-refractivity contribution in [2.75, 3.05) is 6.26 Å². The third kappa shape index (κ3) is 4.22. The summed E-state index contributed by atoms with van der Waals surface area (Å²) in [6.45, 7) is 7.84. The van der Waals surface area contributed by atoms with E-state index in [1.807, 2.05) is 0 Å². The number of Topliss-reactive ketones (excluding diaryl/α,β-unsaturated/α-hetero) is 2. The summed E-state index contributed by atoms with van der Waals surface area (Å²) >= 11 is 0. The predicted molar refractivity (Wildman–Crippen MR) is 104 cm³/mol. The third-order valence-corrected chi connectivity index (χ3v) is 5.66. The maximum Gasteiger partial charge on any atom is 0.339 e. The number of hydrogen-bond donors (Lipinski definition) is 1. The number of hydrogen-bond acceptors (Lipinski definition) is 6. The van der Waals surface area contributed by atoms with Crippen LogP contribution in [-0.2, 0) is 14.6 Å². The van der Waals surface area contributed by atoms with E-state index in [9.17, 15) is 22.8 Å². The Morgan fingerprint density at radius 1 is 1.11 bits per heavy atom. The second-order valence-electron chi connectivity index (χ2n) is 6.84. The summed E-state index contributed by atoms with van der Waals surface area (Å²) in [5.41, 5.74) is 2.34. The van der Waals surface area contributed by atoms with Gasteiger partial charge in [0.25, 0.3) is 0 Å². The van der Waals surface area contributed by atoms with Crippen molar-refractivity contribution in [3.05, 3.63) is 51.8 Å². The number of sulfone groups is 1. The molecule has 2 rings (SSSR count). The molecule has 0 saturated carbocycles. The van der Waals surface area contributed by atoms with Gasteiger partial charge in [-0.15, -0.1) is 0 Å². The molecule has 0 unspecified atom stereocenters. The van der Waals surface area contributed by atoms with Gasteiger partial charge in [0.2, 0.25) is 5.78 Å². The fourth-order valence-electron chi connectivity index (χ4n) is 3.06. The number of nitrogens with one attached hydrogen (secondary N) is 1. The fourth-order valence-corrected chi connectivity index (χ4v) is 3.70. The molecule has 7 nitrogen and oxygen atoms in total. The molecule has 0 aliphatic rings. The molecule has 1 aromatic carbocycles. The predicted octanol–water partition coefficient (Wildman–Crippen LogP) is 2.97. The molecule has 2 aromatic rings. The molecule has 8 heteroatoms. The van der Waals surface area contributed by atoms with E-state index in [0.717, 1.165) is 6.26 Å². The molecule has 1 aromatic heterocycles. The molecule has 150 valence electrons. The smallest absolute Gasteiger partial charge is 0.339 e. The number of rotatable bonds is 6. The van der Waals surface area contributed by atoms with Gasteiger partial charge in [0.05, 0.1) is 16.2 Å². The highest BCUT2D eigenvalue weighted by atomic mass is 32.2. The Balaban J connectivity index is 2.29. The zero-order valence-electron chi connectivity index (χ0n) is 16.7. The molecule has 0 fully saturated rings. The normalized spacial score (nSPS) is 12.5. The van der Waals surface area contributed by atoms with Gasteiger partial charge < -0.3 is 9.72 Å². The molecule has 0 radical (unpaired) electrons. The Morgan fingerprint density at radius 3 is 2.21 bits per heavy atom. The number of esters is 1. The van der Waals surface area contributed by atoms with E-state index in [1.165, 1.54) is 32.0 Å². The van der Waals surface area contributed by atoms with Gasteiger partial charge in [-0.1, -0.05) is 6.07 Å². The third-order valence-electron chi connectivity index (χ3n) is 4.55. The molecule has 1 atom stereocenters. The van der Waals surface area contributed by atoms with Crippen LogP contribution < -0.4 is 0 Å². The van der Waals surface area contributed by atoms with Crippen LogP contribution in [0.25, 0.3) is 0 Å². The summed E-state index contributed by atoms with van der Waals surface area (Å²) in [6.07, 6.45) is -0.0765. The quantitative estimate of drug-likeness (QED) is 0.584. The largest absolute Gasteiger partial charge is 0.451 e. The first kappa shape index (κ1) is 21.6. The van der Waals surface area contributed by atoms with E-state index < -0.39 is 27.7 Å². The van der Waals surface area contributed by atoms with Gasteiger partial charge in [0.1, 0.15) is 0 Å². The summed E-state index contributed by atoms with van der Waals surface area (Å²) in [5, 5.41) is 0. The molecule has 1 heterocycles. The van der Waals surface area contributed by atoms with E-state index in [0.29, 0.717) is 22.4 Å². The fraction of sp³-hybridized carbons (Fsp3) is 0.350. The number of carbonyl (C=O) groups excluding carboxylic acids is 3. The van der Waals surface area contributed by atoms with Crippen molar-refractivity contribution in [2.24, 2.45) is 0 Å². The lowest BCUT2D eigenvalue weighted by Crippen LogP contribution is -2.26. The van der Waals surface area contributed by atoms with Gasteiger partial charge in [-0.25, -0.2) is 13.2 Å². The van der Waals surface area contributed by atoms with E-state index in [2.05, 4.69) is 4.98 Å². The van der Waals surface area contributed by atoms with Crippen LogP contribution >= 0.6 is 0 Å². The van der Waals surface area contributed by atoms with E-state index >= 15 is 0 Å². The summed E-state index contributed by atoms with van der Waals surface area (Å²) in [4.78, 5) is 39.9. The van der Waals surface area contributed by atoms with Gasteiger partial charge in [0, 0.05) is 17.5 Å². The van der Waals surface area contributed by atoms with Gasteiger partial charge in [0.15, 0.2) is 21.7 Å². The minimum Gasteiger partial charge on any atom is -0.451 e. The second-order valence-corrected chi connectivity index (χ2v) is 8.86. The summed E-state index contributed by atoms with van der Waals surface area (Å²) in [7, 11) is -3.49. The lowest BCUT2D eigenvalue weighted by atomic mass is 10.0. The first-order valence-corrected chi connectivity index (χ1v) is 10.5. The van der Waals surface area contributed by atoms with Gasteiger partial charge in [-0.3, -0.25) is 9.59 Å². The average Bonchev–Trinajstić information content (AvgIpc) is 2.87. The molecular formula is C20H23NO6S.